The first kappa shape index (κ1) is 20.2. The first-order chi connectivity index (χ1) is 13.7. The van der Waals surface area contributed by atoms with E-state index in [9.17, 15) is 4.79 Å². The molecule has 2 aromatic rings. The Bertz CT molecular complexity index is 787. The molecule has 0 bridgehead atoms. The minimum Gasteiger partial charge on any atom is -0.493 e. The number of nitrogens with zero attached hydrogens (tertiary/aromatic N) is 1. The largest absolute Gasteiger partial charge is 0.493 e. The number of hydrogen-bond donors (Lipinski definition) is 2. The lowest BCUT2D eigenvalue weighted by molar-refractivity contribution is 0.240. The van der Waals surface area contributed by atoms with Gasteiger partial charge in [0.1, 0.15) is 5.75 Å². The molecule has 1 heterocycles. The molecule has 0 fully saturated rings. The maximum Gasteiger partial charge on any atom is 0.315 e. The number of carbonyl (C=O) groups is 1. The van der Waals surface area contributed by atoms with Crippen LogP contribution in [0.4, 0.5) is 4.79 Å². The van der Waals surface area contributed by atoms with Gasteiger partial charge in [0.25, 0.3) is 0 Å². The smallest absolute Gasteiger partial charge is 0.315 e. The molecule has 1 aliphatic heterocycles. The van der Waals surface area contributed by atoms with E-state index in [2.05, 4.69) is 59.7 Å². The minimum absolute atomic E-state index is 0.123. The van der Waals surface area contributed by atoms with E-state index in [1.54, 1.807) is 0 Å². The van der Waals surface area contributed by atoms with E-state index in [0.29, 0.717) is 13.1 Å². The zero-order chi connectivity index (χ0) is 19.8. The van der Waals surface area contributed by atoms with Crippen molar-refractivity contribution in [2.45, 2.75) is 39.8 Å². The van der Waals surface area contributed by atoms with Crippen LogP contribution in [0.15, 0.2) is 42.5 Å². The van der Waals surface area contributed by atoms with Crippen LogP contribution < -0.4 is 15.4 Å². The number of benzene rings is 2. The van der Waals surface area contributed by atoms with Gasteiger partial charge in [0.05, 0.1) is 6.61 Å². The molecule has 28 heavy (non-hydrogen) atoms. The number of ether oxygens (including phenoxy) is 1. The molecule has 0 atom stereocenters. The summed E-state index contributed by atoms with van der Waals surface area (Å²) in [4.78, 5) is 14.6. The summed E-state index contributed by atoms with van der Waals surface area (Å²) >= 11 is 0. The van der Waals surface area contributed by atoms with Gasteiger partial charge in [-0.3, -0.25) is 4.90 Å². The molecule has 2 amide bonds. The summed E-state index contributed by atoms with van der Waals surface area (Å²) in [5.74, 6) is 0.998. The molecule has 0 aliphatic carbocycles. The first-order valence-electron chi connectivity index (χ1n) is 10.2. The normalized spacial score (nSPS) is 12.5. The van der Waals surface area contributed by atoms with Gasteiger partial charge in [0.2, 0.25) is 0 Å². The van der Waals surface area contributed by atoms with Gasteiger partial charge in [-0.25, -0.2) is 4.79 Å². The summed E-state index contributed by atoms with van der Waals surface area (Å²) in [6.07, 6.45) is 1.79. The summed E-state index contributed by atoms with van der Waals surface area (Å²) in [5.41, 5.74) is 4.94. The van der Waals surface area contributed by atoms with Crippen LogP contribution in [0.2, 0.25) is 0 Å². The molecule has 5 nitrogen and oxygen atoms in total. The van der Waals surface area contributed by atoms with E-state index >= 15 is 0 Å². The fourth-order valence-electron chi connectivity index (χ4n) is 3.53. The maximum atomic E-state index is 12.2. The van der Waals surface area contributed by atoms with Crippen molar-refractivity contribution < 1.29 is 9.53 Å². The highest BCUT2D eigenvalue weighted by Gasteiger charge is 2.12. The molecule has 150 valence electrons. The highest BCUT2D eigenvalue weighted by molar-refractivity contribution is 5.73. The molecule has 0 saturated carbocycles. The summed E-state index contributed by atoms with van der Waals surface area (Å²) in [6.45, 7) is 9.23. The van der Waals surface area contributed by atoms with Gasteiger partial charge in [0, 0.05) is 26.1 Å². The van der Waals surface area contributed by atoms with E-state index < -0.39 is 0 Å². The maximum absolute atomic E-state index is 12.2. The Balaban J connectivity index is 1.44. The van der Waals surface area contributed by atoms with E-state index in [0.717, 1.165) is 44.8 Å². The quantitative estimate of drug-likeness (QED) is 0.699. The molecule has 3 rings (SSSR count). The molecule has 0 radical (unpaired) electrons. The van der Waals surface area contributed by atoms with Crippen molar-refractivity contribution in [3.05, 3.63) is 64.7 Å². The molecule has 1 aliphatic rings. The molecular formula is C23H31N3O2. The second kappa shape index (κ2) is 10.1. The third-order valence-corrected chi connectivity index (χ3v) is 5.30. The molecule has 2 aromatic carbocycles. The average Bonchev–Trinajstić information content (AvgIpc) is 3.19. The number of hydrogen-bond acceptors (Lipinski definition) is 3. The van der Waals surface area contributed by atoms with Gasteiger partial charge in [-0.2, -0.15) is 0 Å². The Kier molecular flexibility index (Phi) is 7.31. The highest BCUT2D eigenvalue weighted by Crippen LogP contribution is 2.25. The van der Waals surface area contributed by atoms with Crippen LogP contribution in [0.1, 0.15) is 36.1 Å². The topological polar surface area (TPSA) is 53.6 Å². The Morgan fingerprint density at radius 2 is 1.86 bits per heavy atom. The average molecular weight is 382 g/mol. The summed E-state index contributed by atoms with van der Waals surface area (Å²) in [5, 5.41) is 5.95. The summed E-state index contributed by atoms with van der Waals surface area (Å²) in [6, 6.07) is 14.5. The number of fused-ring (bicyclic) bond motifs is 1. The zero-order valence-corrected chi connectivity index (χ0v) is 17.0. The Labute approximate surface area is 168 Å². The van der Waals surface area contributed by atoms with Gasteiger partial charge in [-0.15, -0.1) is 0 Å². The third kappa shape index (κ3) is 5.49. The number of rotatable bonds is 9. The van der Waals surface area contributed by atoms with Crippen LogP contribution in [0, 0.1) is 0 Å². The van der Waals surface area contributed by atoms with E-state index in [4.69, 9.17) is 4.74 Å². The van der Waals surface area contributed by atoms with Gasteiger partial charge >= 0.3 is 6.03 Å². The fraction of sp³-hybridized carbons (Fsp3) is 0.435. The Morgan fingerprint density at radius 3 is 2.64 bits per heavy atom. The van der Waals surface area contributed by atoms with Crippen molar-refractivity contribution in [3.63, 3.8) is 0 Å². The lowest BCUT2D eigenvalue weighted by atomic mass is 10.1. The number of amides is 2. The molecule has 5 heteroatoms. The fourth-order valence-corrected chi connectivity index (χ4v) is 3.53. The Morgan fingerprint density at radius 1 is 1.07 bits per heavy atom. The lowest BCUT2D eigenvalue weighted by Gasteiger charge is -2.20. The number of nitrogens with one attached hydrogen (secondary N) is 2. The molecule has 0 unspecified atom stereocenters. The van der Waals surface area contributed by atoms with Crippen molar-refractivity contribution in [2.75, 3.05) is 26.2 Å². The van der Waals surface area contributed by atoms with Gasteiger partial charge in [0.15, 0.2) is 0 Å². The van der Waals surface area contributed by atoms with Crippen molar-refractivity contribution in [3.8, 4) is 5.75 Å². The van der Waals surface area contributed by atoms with Crippen molar-refractivity contribution in [1.29, 1.82) is 0 Å². The first-order valence-corrected chi connectivity index (χ1v) is 10.2. The number of urea groups is 1. The van der Waals surface area contributed by atoms with Crippen LogP contribution in [0.5, 0.6) is 5.75 Å². The summed E-state index contributed by atoms with van der Waals surface area (Å²) < 4.78 is 5.54. The minimum atomic E-state index is -0.123. The number of carbonyl (C=O) groups excluding carboxylic acids is 1. The predicted molar refractivity (Wildman–Crippen MR) is 113 cm³/mol. The molecule has 0 aromatic heterocycles. The van der Waals surface area contributed by atoms with Crippen molar-refractivity contribution in [2.24, 2.45) is 0 Å². The highest BCUT2D eigenvalue weighted by atomic mass is 16.5. The molecule has 2 N–H and O–H groups in total. The molecular weight excluding hydrogens is 350 g/mol. The predicted octanol–water partition coefficient (Wildman–Crippen LogP) is 3.51. The molecule has 0 spiro atoms. The Hall–Kier alpha value is -2.53. The van der Waals surface area contributed by atoms with Gasteiger partial charge in [-0.1, -0.05) is 50.2 Å². The van der Waals surface area contributed by atoms with Crippen molar-refractivity contribution >= 4 is 6.03 Å². The van der Waals surface area contributed by atoms with Gasteiger partial charge < -0.3 is 15.4 Å². The third-order valence-electron chi connectivity index (χ3n) is 5.30. The van der Waals surface area contributed by atoms with Crippen LogP contribution in [0.25, 0.3) is 0 Å². The van der Waals surface area contributed by atoms with E-state index in [-0.39, 0.29) is 6.03 Å². The van der Waals surface area contributed by atoms with Crippen LogP contribution in [-0.2, 0) is 25.9 Å². The van der Waals surface area contributed by atoms with Crippen LogP contribution in [0.3, 0.4) is 0 Å². The van der Waals surface area contributed by atoms with Crippen LogP contribution in [-0.4, -0.2) is 37.2 Å². The molecule has 0 saturated heterocycles. The second-order valence-electron chi connectivity index (χ2n) is 7.13. The zero-order valence-electron chi connectivity index (χ0n) is 17.0. The van der Waals surface area contributed by atoms with Crippen molar-refractivity contribution in [1.82, 2.24) is 15.5 Å². The standard InChI is InChI=1S/C23H31N3O2/c1-3-26(4-2)17-21-8-6-5-7-20(21)16-25-23(27)24-13-11-18-9-10-22-19(15-18)12-14-28-22/h5-10,15H,3-4,11-14,16-17H2,1-2H3,(H2,24,25,27). The summed E-state index contributed by atoms with van der Waals surface area (Å²) in [7, 11) is 0. The second-order valence-corrected chi connectivity index (χ2v) is 7.13. The van der Waals surface area contributed by atoms with Crippen LogP contribution >= 0.6 is 0 Å². The monoisotopic (exact) mass is 381 g/mol. The SMILES string of the molecule is CCN(CC)Cc1ccccc1CNC(=O)NCCc1ccc2c(c1)CCO2. The van der Waals surface area contributed by atoms with E-state index in [1.165, 1.54) is 22.3 Å². The lowest BCUT2D eigenvalue weighted by Crippen LogP contribution is -2.36. The van der Waals surface area contributed by atoms with Gasteiger partial charge in [-0.05, 0) is 47.8 Å². The van der Waals surface area contributed by atoms with E-state index in [1.807, 2.05) is 12.1 Å².